The van der Waals surface area contributed by atoms with Crippen molar-refractivity contribution in [2.45, 2.75) is 38.8 Å². The molecule has 0 N–H and O–H groups in total. The Hall–Kier alpha value is -0.0800. The van der Waals surface area contributed by atoms with Crippen molar-refractivity contribution >= 4 is 0 Å². The first-order valence-electron chi connectivity index (χ1n) is 5.25. The number of rotatable bonds is 2. The van der Waals surface area contributed by atoms with Crippen LogP contribution in [-0.2, 0) is 0 Å². The van der Waals surface area contributed by atoms with Crippen LogP contribution in [0.1, 0.15) is 26.7 Å². The molecule has 0 aromatic heterocycles. The second-order valence-corrected chi connectivity index (χ2v) is 4.42. The summed E-state index contributed by atoms with van der Waals surface area (Å²) in [6.07, 6.45) is 2.83. The number of nitrogens with zero attached hydrogens (tertiary/aromatic N) is 2. The SMILES string of the molecule is CC(C)N1CC[C@@H](N2CCC2)C1. The van der Waals surface area contributed by atoms with Gasteiger partial charge in [-0.25, -0.2) is 0 Å². The summed E-state index contributed by atoms with van der Waals surface area (Å²) in [7, 11) is 0. The van der Waals surface area contributed by atoms with Gasteiger partial charge in [-0.05, 0) is 39.8 Å². The highest BCUT2D eigenvalue weighted by Gasteiger charge is 2.31. The first-order chi connectivity index (χ1) is 5.77. The maximum Gasteiger partial charge on any atom is 0.0235 e. The maximum absolute atomic E-state index is 2.64. The first-order valence-corrected chi connectivity index (χ1v) is 5.25. The van der Waals surface area contributed by atoms with Crippen molar-refractivity contribution in [3.63, 3.8) is 0 Å². The van der Waals surface area contributed by atoms with Crippen LogP contribution in [0.4, 0.5) is 0 Å². The molecule has 2 saturated heterocycles. The minimum absolute atomic E-state index is 0.747. The van der Waals surface area contributed by atoms with E-state index in [1.165, 1.54) is 39.0 Å². The topological polar surface area (TPSA) is 6.48 Å². The normalized spacial score (nSPS) is 32.8. The molecule has 0 spiro atoms. The van der Waals surface area contributed by atoms with Gasteiger partial charge in [0.25, 0.3) is 0 Å². The Kier molecular flexibility index (Phi) is 2.37. The van der Waals surface area contributed by atoms with E-state index in [1.807, 2.05) is 0 Å². The number of hydrogen-bond donors (Lipinski definition) is 0. The molecule has 0 aromatic rings. The average Bonchev–Trinajstić information content (AvgIpc) is 2.32. The fourth-order valence-electron chi connectivity index (χ4n) is 2.24. The van der Waals surface area contributed by atoms with Crippen LogP contribution < -0.4 is 0 Å². The monoisotopic (exact) mass is 168 g/mol. The molecule has 2 fully saturated rings. The van der Waals surface area contributed by atoms with Crippen molar-refractivity contribution in [2.24, 2.45) is 0 Å². The lowest BCUT2D eigenvalue weighted by atomic mass is 10.1. The van der Waals surface area contributed by atoms with Gasteiger partial charge in [-0.2, -0.15) is 0 Å². The fourth-order valence-corrected chi connectivity index (χ4v) is 2.24. The Bertz CT molecular complexity index is 152. The minimum atomic E-state index is 0.747. The van der Waals surface area contributed by atoms with Crippen molar-refractivity contribution in [3.05, 3.63) is 0 Å². The van der Waals surface area contributed by atoms with Gasteiger partial charge in [-0.3, -0.25) is 9.80 Å². The second-order valence-electron chi connectivity index (χ2n) is 4.42. The summed E-state index contributed by atoms with van der Waals surface area (Å²) in [6.45, 7) is 9.96. The molecule has 2 rings (SSSR count). The minimum Gasteiger partial charge on any atom is -0.299 e. The summed E-state index contributed by atoms with van der Waals surface area (Å²) in [5, 5.41) is 0. The molecule has 2 aliphatic heterocycles. The fraction of sp³-hybridized carbons (Fsp3) is 1.00. The molecule has 2 aliphatic rings. The molecule has 0 saturated carbocycles. The predicted molar refractivity (Wildman–Crippen MR) is 51.3 cm³/mol. The average molecular weight is 168 g/mol. The van der Waals surface area contributed by atoms with Crippen LogP contribution >= 0.6 is 0 Å². The third-order valence-electron chi connectivity index (χ3n) is 3.33. The van der Waals surface area contributed by atoms with Crippen LogP contribution in [0.5, 0.6) is 0 Å². The summed E-state index contributed by atoms with van der Waals surface area (Å²) in [4.78, 5) is 5.24. The van der Waals surface area contributed by atoms with E-state index in [-0.39, 0.29) is 0 Å². The van der Waals surface area contributed by atoms with E-state index in [9.17, 15) is 0 Å². The Balaban J connectivity index is 1.81. The third-order valence-corrected chi connectivity index (χ3v) is 3.33. The molecule has 2 nitrogen and oxygen atoms in total. The van der Waals surface area contributed by atoms with E-state index < -0.39 is 0 Å². The smallest absolute Gasteiger partial charge is 0.0235 e. The largest absolute Gasteiger partial charge is 0.299 e. The molecule has 2 heteroatoms. The van der Waals surface area contributed by atoms with Gasteiger partial charge in [-0.1, -0.05) is 0 Å². The molecule has 0 amide bonds. The summed E-state index contributed by atoms with van der Waals surface area (Å²) in [5.74, 6) is 0. The van der Waals surface area contributed by atoms with Crippen LogP contribution in [0.25, 0.3) is 0 Å². The van der Waals surface area contributed by atoms with Crippen molar-refractivity contribution in [2.75, 3.05) is 26.2 Å². The molecule has 0 bridgehead atoms. The lowest BCUT2D eigenvalue weighted by molar-refractivity contribution is 0.116. The van der Waals surface area contributed by atoms with Gasteiger partial charge in [0.1, 0.15) is 0 Å². The highest BCUT2D eigenvalue weighted by molar-refractivity contribution is 4.87. The molecular formula is C10H20N2. The molecule has 12 heavy (non-hydrogen) atoms. The van der Waals surface area contributed by atoms with E-state index in [2.05, 4.69) is 23.6 Å². The van der Waals surface area contributed by atoms with Crippen LogP contribution in [0.3, 0.4) is 0 Å². The van der Waals surface area contributed by atoms with E-state index >= 15 is 0 Å². The van der Waals surface area contributed by atoms with Gasteiger partial charge in [0.05, 0.1) is 0 Å². The molecule has 0 aromatic carbocycles. The summed E-state index contributed by atoms with van der Waals surface area (Å²) in [6, 6.07) is 1.64. The molecule has 0 radical (unpaired) electrons. The van der Waals surface area contributed by atoms with Gasteiger partial charge in [-0.15, -0.1) is 0 Å². The maximum atomic E-state index is 2.64. The summed E-state index contributed by atoms with van der Waals surface area (Å²) < 4.78 is 0. The zero-order valence-electron chi connectivity index (χ0n) is 8.29. The van der Waals surface area contributed by atoms with Crippen LogP contribution in [0, 0.1) is 0 Å². The van der Waals surface area contributed by atoms with Gasteiger partial charge < -0.3 is 0 Å². The van der Waals surface area contributed by atoms with Gasteiger partial charge in [0, 0.05) is 25.2 Å². The van der Waals surface area contributed by atoms with Crippen molar-refractivity contribution in [1.82, 2.24) is 9.80 Å². The Morgan fingerprint density at radius 1 is 1.17 bits per heavy atom. The summed E-state index contributed by atoms with van der Waals surface area (Å²) in [5.41, 5.74) is 0. The van der Waals surface area contributed by atoms with Crippen molar-refractivity contribution < 1.29 is 0 Å². The number of likely N-dealkylation sites (tertiary alicyclic amines) is 2. The highest BCUT2D eigenvalue weighted by Crippen LogP contribution is 2.21. The van der Waals surface area contributed by atoms with Crippen LogP contribution in [0.15, 0.2) is 0 Å². The quantitative estimate of drug-likeness (QED) is 0.611. The van der Waals surface area contributed by atoms with E-state index in [4.69, 9.17) is 0 Å². The Labute approximate surface area is 75.5 Å². The lowest BCUT2D eigenvalue weighted by Crippen LogP contribution is -2.46. The standard InChI is InChI=1S/C10H20N2/c1-9(2)12-7-4-10(8-12)11-5-3-6-11/h9-10H,3-8H2,1-2H3/t10-/m1/s1. The van der Waals surface area contributed by atoms with E-state index in [1.54, 1.807) is 0 Å². The van der Waals surface area contributed by atoms with Crippen LogP contribution in [0.2, 0.25) is 0 Å². The first kappa shape index (κ1) is 8.52. The van der Waals surface area contributed by atoms with Gasteiger partial charge in [0.2, 0.25) is 0 Å². The van der Waals surface area contributed by atoms with Gasteiger partial charge >= 0.3 is 0 Å². The molecule has 0 aliphatic carbocycles. The molecule has 70 valence electrons. The lowest BCUT2D eigenvalue weighted by Gasteiger charge is -2.36. The van der Waals surface area contributed by atoms with Crippen LogP contribution in [-0.4, -0.2) is 48.1 Å². The number of hydrogen-bond acceptors (Lipinski definition) is 2. The zero-order chi connectivity index (χ0) is 8.55. The second kappa shape index (κ2) is 3.35. The van der Waals surface area contributed by atoms with E-state index in [0.29, 0.717) is 0 Å². The molecule has 2 heterocycles. The molecule has 0 unspecified atom stereocenters. The predicted octanol–water partition coefficient (Wildman–Crippen LogP) is 1.17. The van der Waals surface area contributed by atoms with E-state index in [0.717, 1.165) is 12.1 Å². The van der Waals surface area contributed by atoms with Crippen molar-refractivity contribution in [1.29, 1.82) is 0 Å². The third kappa shape index (κ3) is 1.50. The molecular weight excluding hydrogens is 148 g/mol. The van der Waals surface area contributed by atoms with Crippen molar-refractivity contribution in [3.8, 4) is 0 Å². The van der Waals surface area contributed by atoms with Gasteiger partial charge in [0.15, 0.2) is 0 Å². The molecule has 1 atom stereocenters. The summed E-state index contributed by atoms with van der Waals surface area (Å²) >= 11 is 0. The highest BCUT2D eigenvalue weighted by atomic mass is 15.3. The Morgan fingerprint density at radius 3 is 2.33 bits per heavy atom. The zero-order valence-corrected chi connectivity index (χ0v) is 8.29. The Morgan fingerprint density at radius 2 is 1.92 bits per heavy atom.